The third-order valence-electron chi connectivity index (χ3n) is 4.45. The average Bonchev–Trinajstić information content (AvgIpc) is 2.62. The first-order valence-electron chi connectivity index (χ1n) is 8.49. The van der Waals surface area contributed by atoms with E-state index in [1.165, 1.54) is 24.3 Å². The average molecular weight is 357 g/mol. The number of benzene rings is 2. The second-order valence-corrected chi connectivity index (χ2v) is 6.28. The monoisotopic (exact) mass is 357 g/mol. The summed E-state index contributed by atoms with van der Waals surface area (Å²) < 4.78 is 18.8. The van der Waals surface area contributed by atoms with Crippen LogP contribution in [0.1, 0.15) is 41.7 Å². The molecule has 0 aromatic heterocycles. The van der Waals surface area contributed by atoms with E-state index in [1.54, 1.807) is 0 Å². The van der Waals surface area contributed by atoms with Crippen molar-refractivity contribution in [2.45, 2.75) is 31.4 Å². The topological polar surface area (TPSA) is 75.6 Å². The molecular weight excluding hydrogens is 337 g/mol. The van der Waals surface area contributed by atoms with E-state index in [1.807, 2.05) is 24.3 Å². The number of aliphatic carboxylic acids is 1. The van der Waals surface area contributed by atoms with Crippen LogP contribution < -0.4 is 5.32 Å². The van der Waals surface area contributed by atoms with E-state index in [-0.39, 0.29) is 24.9 Å². The summed E-state index contributed by atoms with van der Waals surface area (Å²) in [5.74, 6) is -1.76. The van der Waals surface area contributed by atoms with Crippen molar-refractivity contribution in [1.82, 2.24) is 5.32 Å². The van der Waals surface area contributed by atoms with Gasteiger partial charge in [-0.25, -0.2) is 4.39 Å². The number of carbonyl (C=O) groups is 2. The molecule has 136 valence electrons. The van der Waals surface area contributed by atoms with Crippen LogP contribution in [0, 0.1) is 5.82 Å². The molecule has 1 heterocycles. The van der Waals surface area contributed by atoms with Crippen molar-refractivity contribution in [1.29, 1.82) is 0 Å². The molecule has 0 spiro atoms. The molecule has 2 atom stereocenters. The molecular formula is C20H20FNO4. The van der Waals surface area contributed by atoms with Crippen LogP contribution in [0.25, 0.3) is 0 Å². The van der Waals surface area contributed by atoms with Gasteiger partial charge in [-0.2, -0.15) is 0 Å². The first-order valence-corrected chi connectivity index (χ1v) is 8.49. The minimum Gasteiger partial charge on any atom is -0.481 e. The minimum absolute atomic E-state index is 0.105. The van der Waals surface area contributed by atoms with Crippen LogP contribution in [0.3, 0.4) is 0 Å². The molecule has 1 aliphatic rings. The van der Waals surface area contributed by atoms with E-state index >= 15 is 0 Å². The maximum atomic E-state index is 13.1. The van der Waals surface area contributed by atoms with Gasteiger partial charge < -0.3 is 15.2 Å². The van der Waals surface area contributed by atoms with Crippen LogP contribution in [0.4, 0.5) is 4.39 Å². The molecule has 0 fully saturated rings. The lowest BCUT2D eigenvalue weighted by Gasteiger charge is -2.26. The highest BCUT2D eigenvalue weighted by Gasteiger charge is 2.25. The van der Waals surface area contributed by atoms with Crippen LogP contribution in [0.2, 0.25) is 0 Å². The van der Waals surface area contributed by atoms with Crippen LogP contribution in [-0.2, 0) is 20.7 Å². The summed E-state index contributed by atoms with van der Waals surface area (Å²) in [5, 5.41) is 11.9. The molecule has 2 aromatic rings. The highest BCUT2D eigenvalue weighted by Crippen LogP contribution is 2.29. The predicted molar refractivity (Wildman–Crippen MR) is 93.0 cm³/mol. The van der Waals surface area contributed by atoms with Crippen molar-refractivity contribution in [3.8, 4) is 0 Å². The maximum Gasteiger partial charge on any atom is 0.305 e. The molecule has 0 saturated heterocycles. The number of carboxylic acids is 1. The molecule has 5 nitrogen and oxygen atoms in total. The summed E-state index contributed by atoms with van der Waals surface area (Å²) in [6.45, 7) is 0.547. The molecule has 6 heteroatoms. The summed E-state index contributed by atoms with van der Waals surface area (Å²) >= 11 is 0. The van der Waals surface area contributed by atoms with E-state index in [9.17, 15) is 14.0 Å². The first kappa shape index (κ1) is 18.1. The Morgan fingerprint density at radius 1 is 1.19 bits per heavy atom. The molecule has 1 aliphatic heterocycles. The highest BCUT2D eigenvalue weighted by atomic mass is 19.1. The van der Waals surface area contributed by atoms with Gasteiger partial charge in [0.25, 0.3) is 0 Å². The summed E-state index contributed by atoms with van der Waals surface area (Å²) in [5.41, 5.74) is 2.70. The number of nitrogens with one attached hydrogen (secondary N) is 1. The number of amides is 1. The number of ether oxygens (including phenoxy) is 1. The fourth-order valence-electron chi connectivity index (χ4n) is 3.19. The van der Waals surface area contributed by atoms with Gasteiger partial charge in [-0.15, -0.1) is 0 Å². The predicted octanol–water partition coefficient (Wildman–Crippen LogP) is 3.16. The third-order valence-corrected chi connectivity index (χ3v) is 4.45. The van der Waals surface area contributed by atoms with Gasteiger partial charge in [0.1, 0.15) is 5.82 Å². The summed E-state index contributed by atoms with van der Waals surface area (Å²) in [7, 11) is 0. The SMILES string of the molecule is O=C(O)C[C@@H](NC(=O)C[C@H]1OCCc2ccccc21)c1ccc(F)cc1. The number of hydrogen-bond donors (Lipinski definition) is 2. The molecule has 26 heavy (non-hydrogen) atoms. The fraction of sp³-hybridized carbons (Fsp3) is 0.300. The van der Waals surface area contributed by atoms with Crippen LogP contribution in [0.5, 0.6) is 0 Å². The fourth-order valence-corrected chi connectivity index (χ4v) is 3.19. The van der Waals surface area contributed by atoms with Gasteiger partial charge in [0.05, 0.1) is 31.6 Å². The second-order valence-electron chi connectivity index (χ2n) is 6.28. The van der Waals surface area contributed by atoms with Gasteiger partial charge in [0.15, 0.2) is 0 Å². The third kappa shape index (κ3) is 4.46. The molecule has 0 aliphatic carbocycles. The quantitative estimate of drug-likeness (QED) is 0.833. The molecule has 2 aromatic carbocycles. The van der Waals surface area contributed by atoms with Crippen molar-refractivity contribution >= 4 is 11.9 Å². The van der Waals surface area contributed by atoms with Gasteiger partial charge in [-0.3, -0.25) is 9.59 Å². The second kappa shape index (κ2) is 8.10. The Morgan fingerprint density at radius 2 is 1.92 bits per heavy atom. The number of halogens is 1. The molecule has 0 radical (unpaired) electrons. The molecule has 3 rings (SSSR count). The number of carbonyl (C=O) groups excluding carboxylic acids is 1. The van der Waals surface area contributed by atoms with Crippen molar-refractivity contribution in [2.24, 2.45) is 0 Å². The lowest BCUT2D eigenvalue weighted by Crippen LogP contribution is -2.32. The zero-order chi connectivity index (χ0) is 18.5. The molecule has 2 N–H and O–H groups in total. The summed E-state index contributed by atoms with van der Waals surface area (Å²) in [6, 6.07) is 12.6. The van der Waals surface area contributed by atoms with Crippen LogP contribution in [-0.4, -0.2) is 23.6 Å². The Balaban J connectivity index is 1.70. The standard InChI is InChI=1S/C20H20FNO4/c21-15-7-5-14(6-8-15)17(11-20(24)25)22-19(23)12-18-16-4-2-1-3-13(16)9-10-26-18/h1-8,17-18H,9-12H2,(H,22,23)(H,24,25)/t17-,18-/m1/s1. The Hall–Kier alpha value is -2.73. The lowest BCUT2D eigenvalue weighted by atomic mass is 9.95. The van der Waals surface area contributed by atoms with E-state index < -0.39 is 17.8 Å². The van der Waals surface area contributed by atoms with Gasteiger partial charge >= 0.3 is 5.97 Å². The van der Waals surface area contributed by atoms with Crippen LogP contribution in [0.15, 0.2) is 48.5 Å². The number of hydrogen-bond acceptors (Lipinski definition) is 3. The van der Waals surface area contributed by atoms with E-state index in [0.717, 1.165) is 17.5 Å². The van der Waals surface area contributed by atoms with Gasteiger partial charge in [0, 0.05) is 0 Å². The number of rotatable bonds is 6. The van der Waals surface area contributed by atoms with E-state index in [4.69, 9.17) is 9.84 Å². The molecule has 1 amide bonds. The van der Waals surface area contributed by atoms with E-state index in [0.29, 0.717) is 12.2 Å². The normalized spacial score (nSPS) is 17.2. The Bertz CT molecular complexity index is 791. The number of fused-ring (bicyclic) bond motifs is 1. The van der Waals surface area contributed by atoms with Crippen molar-refractivity contribution < 1.29 is 23.8 Å². The van der Waals surface area contributed by atoms with Crippen molar-refractivity contribution in [2.75, 3.05) is 6.61 Å². The zero-order valence-electron chi connectivity index (χ0n) is 14.2. The van der Waals surface area contributed by atoms with Gasteiger partial charge in [-0.1, -0.05) is 36.4 Å². The van der Waals surface area contributed by atoms with Crippen molar-refractivity contribution in [3.63, 3.8) is 0 Å². The largest absolute Gasteiger partial charge is 0.481 e. The Labute approximate surface area is 150 Å². The highest BCUT2D eigenvalue weighted by molar-refractivity contribution is 5.78. The summed E-state index contributed by atoms with van der Waals surface area (Å²) in [4.78, 5) is 23.6. The maximum absolute atomic E-state index is 13.1. The number of carboxylic acid groups (broad SMARTS) is 1. The summed E-state index contributed by atoms with van der Waals surface area (Å²) in [6.07, 6.45) is 0.290. The minimum atomic E-state index is -1.04. The molecule has 0 unspecified atom stereocenters. The van der Waals surface area contributed by atoms with Gasteiger partial charge in [-0.05, 0) is 35.2 Å². The van der Waals surface area contributed by atoms with Gasteiger partial charge in [0.2, 0.25) is 5.91 Å². The van der Waals surface area contributed by atoms with Crippen molar-refractivity contribution in [3.05, 3.63) is 71.0 Å². The Morgan fingerprint density at radius 3 is 2.65 bits per heavy atom. The zero-order valence-corrected chi connectivity index (χ0v) is 14.2. The smallest absolute Gasteiger partial charge is 0.305 e. The lowest BCUT2D eigenvalue weighted by molar-refractivity contribution is -0.137. The Kier molecular flexibility index (Phi) is 5.63. The molecule has 0 bridgehead atoms. The van der Waals surface area contributed by atoms with E-state index in [2.05, 4.69) is 5.32 Å². The first-order chi connectivity index (χ1) is 12.5. The molecule has 0 saturated carbocycles. The van der Waals surface area contributed by atoms with Crippen LogP contribution >= 0.6 is 0 Å².